The Morgan fingerprint density at radius 2 is 1.97 bits per heavy atom. The highest BCUT2D eigenvalue weighted by Gasteiger charge is 2.44. The quantitative estimate of drug-likeness (QED) is 0.206. The summed E-state index contributed by atoms with van der Waals surface area (Å²) in [6.45, 7) is 0.714. The zero-order valence-corrected chi connectivity index (χ0v) is 20.5. The molecule has 14 nitrogen and oxygen atoms in total. The van der Waals surface area contributed by atoms with Gasteiger partial charge in [0.05, 0.1) is 36.7 Å². The maximum absolute atomic E-state index is 10.7. The summed E-state index contributed by atoms with van der Waals surface area (Å²) in [5.74, 6) is 1.19. The van der Waals surface area contributed by atoms with Gasteiger partial charge >= 0.3 is 0 Å². The number of anilines is 1. The molecule has 0 bridgehead atoms. The lowest BCUT2D eigenvalue weighted by Crippen LogP contribution is -2.33. The van der Waals surface area contributed by atoms with Crippen LogP contribution in [0.2, 0.25) is 0 Å². The standard InChI is InChI=1S/C25H25N9O5/c35-9-16-19(36)20(37)25(39-16)34-11-27-18-23(29-13-5-6-38-10-13)31-22(32-24(18)34)17-14(8-28-33-17)21-26-7-12-3-1-2-4-15(12)30-21/h1-4,7-8,11,13,16,19-20,25,35-37H,5-6,9-10H2,(H,28,33)(H,29,31,32)/t13-,16?,19?,20?,25?/m1/s1. The molecule has 14 heteroatoms. The maximum Gasteiger partial charge on any atom is 0.185 e. The van der Waals surface area contributed by atoms with E-state index in [1.165, 1.54) is 10.9 Å². The molecule has 1 aromatic carbocycles. The van der Waals surface area contributed by atoms with Gasteiger partial charge in [-0.25, -0.2) is 24.9 Å². The zero-order chi connectivity index (χ0) is 26.5. The number of para-hydroxylation sites is 1. The number of aromatic amines is 1. The van der Waals surface area contributed by atoms with Crippen molar-refractivity contribution < 1.29 is 24.8 Å². The molecule has 39 heavy (non-hydrogen) atoms. The first-order valence-electron chi connectivity index (χ1n) is 12.6. The predicted molar refractivity (Wildman–Crippen MR) is 137 cm³/mol. The van der Waals surface area contributed by atoms with Crippen molar-refractivity contribution in [1.29, 1.82) is 0 Å². The molecular formula is C25H25N9O5. The largest absolute Gasteiger partial charge is 0.394 e. The van der Waals surface area contributed by atoms with Crippen LogP contribution in [-0.4, -0.2) is 99.2 Å². The number of rotatable bonds is 6. The van der Waals surface area contributed by atoms with Gasteiger partial charge < -0.3 is 30.1 Å². The van der Waals surface area contributed by atoms with Gasteiger partial charge in [0.15, 0.2) is 34.9 Å². The lowest BCUT2D eigenvalue weighted by atomic mass is 10.1. The lowest BCUT2D eigenvalue weighted by molar-refractivity contribution is -0.0511. The predicted octanol–water partition coefficient (Wildman–Crippen LogP) is 0.639. The number of nitrogens with one attached hydrogen (secondary N) is 2. The molecule has 0 spiro atoms. The number of imidazole rings is 1. The van der Waals surface area contributed by atoms with Crippen LogP contribution in [0.1, 0.15) is 12.6 Å². The molecule has 2 aliphatic heterocycles. The van der Waals surface area contributed by atoms with E-state index in [2.05, 4.69) is 25.5 Å². The number of hydrogen-bond acceptors (Lipinski definition) is 12. The second-order valence-electron chi connectivity index (χ2n) is 9.55. The highest BCUT2D eigenvalue weighted by molar-refractivity contribution is 5.87. The Kier molecular flexibility index (Phi) is 5.90. The van der Waals surface area contributed by atoms with Crippen LogP contribution in [0, 0.1) is 0 Å². The average molecular weight is 532 g/mol. The molecule has 0 saturated carbocycles. The van der Waals surface area contributed by atoms with Crippen molar-refractivity contribution in [2.45, 2.75) is 37.0 Å². The molecule has 0 aliphatic carbocycles. The fourth-order valence-corrected chi connectivity index (χ4v) is 4.99. The van der Waals surface area contributed by atoms with E-state index in [1.54, 1.807) is 12.4 Å². The summed E-state index contributed by atoms with van der Waals surface area (Å²) in [6.07, 6.45) is 1.18. The Morgan fingerprint density at radius 3 is 2.79 bits per heavy atom. The maximum atomic E-state index is 10.7. The van der Waals surface area contributed by atoms with Crippen molar-refractivity contribution in [3.8, 4) is 22.9 Å². The van der Waals surface area contributed by atoms with Crippen LogP contribution in [0.25, 0.3) is 45.0 Å². The summed E-state index contributed by atoms with van der Waals surface area (Å²) in [6, 6.07) is 7.72. The lowest BCUT2D eigenvalue weighted by Gasteiger charge is -2.17. The van der Waals surface area contributed by atoms with E-state index >= 15 is 0 Å². The van der Waals surface area contributed by atoms with Gasteiger partial charge in [-0.1, -0.05) is 18.2 Å². The molecule has 5 aromatic rings. The molecule has 0 amide bonds. The van der Waals surface area contributed by atoms with Gasteiger partial charge in [0.25, 0.3) is 0 Å². The smallest absolute Gasteiger partial charge is 0.185 e. The van der Waals surface area contributed by atoms with Crippen LogP contribution < -0.4 is 5.32 Å². The molecule has 2 fully saturated rings. The van der Waals surface area contributed by atoms with Crippen molar-refractivity contribution in [3.63, 3.8) is 0 Å². The summed E-state index contributed by atoms with van der Waals surface area (Å²) >= 11 is 0. The van der Waals surface area contributed by atoms with E-state index in [1.807, 2.05) is 24.3 Å². The van der Waals surface area contributed by atoms with Crippen LogP contribution in [0.15, 0.2) is 43.0 Å². The highest BCUT2D eigenvalue weighted by atomic mass is 16.6. The molecule has 0 radical (unpaired) electrons. The molecule has 5 atom stereocenters. The number of fused-ring (bicyclic) bond motifs is 2. The van der Waals surface area contributed by atoms with Crippen LogP contribution in [-0.2, 0) is 9.47 Å². The molecule has 7 rings (SSSR count). The Morgan fingerprint density at radius 1 is 1.08 bits per heavy atom. The minimum Gasteiger partial charge on any atom is -0.394 e. The zero-order valence-electron chi connectivity index (χ0n) is 20.5. The molecule has 5 N–H and O–H groups in total. The number of hydrogen-bond donors (Lipinski definition) is 5. The number of nitrogens with zero attached hydrogens (tertiary/aromatic N) is 7. The third-order valence-corrected chi connectivity index (χ3v) is 7.07. The van der Waals surface area contributed by atoms with Gasteiger partial charge in [-0.3, -0.25) is 9.67 Å². The van der Waals surface area contributed by atoms with Crippen molar-refractivity contribution in [1.82, 2.24) is 39.7 Å². The second-order valence-corrected chi connectivity index (χ2v) is 9.55. The minimum atomic E-state index is -1.30. The summed E-state index contributed by atoms with van der Waals surface area (Å²) < 4.78 is 12.8. The van der Waals surface area contributed by atoms with Crippen molar-refractivity contribution in [2.24, 2.45) is 0 Å². The number of aliphatic hydroxyl groups is 3. The van der Waals surface area contributed by atoms with Gasteiger partial charge in [0.1, 0.15) is 24.0 Å². The average Bonchev–Trinajstić information content (AvgIpc) is 3.77. The van der Waals surface area contributed by atoms with Gasteiger partial charge in [-0.2, -0.15) is 5.10 Å². The van der Waals surface area contributed by atoms with E-state index in [4.69, 9.17) is 24.4 Å². The van der Waals surface area contributed by atoms with Gasteiger partial charge in [0, 0.05) is 24.4 Å². The van der Waals surface area contributed by atoms with Crippen LogP contribution in [0.3, 0.4) is 0 Å². The SMILES string of the molecule is OCC1OC(n2cnc3c(N[C@@H]4CCOC4)nc(-c4n[nH]cc4-c4ncc5ccccc5n4)nc32)C(O)C1O. The normalized spacial score (nSPS) is 25.2. The Labute approximate surface area is 220 Å². The third kappa shape index (κ3) is 4.09. The second kappa shape index (κ2) is 9.59. The van der Waals surface area contributed by atoms with Gasteiger partial charge in [-0.05, 0) is 12.5 Å². The number of ether oxygens (including phenoxy) is 2. The summed E-state index contributed by atoms with van der Waals surface area (Å²) in [5, 5.41) is 42.2. The molecular weight excluding hydrogens is 506 g/mol. The molecule has 200 valence electrons. The van der Waals surface area contributed by atoms with Crippen molar-refractivity contribution in [3.05, 3.63) is 43.0 Å². The number of aromatic nitrogens is 8. The molecule has 6 heterocycles. The molecule has 4 unspecified atom stereocenters. The number of aliphatic hydroxyl groups excluding tert-OH is 3. The van der Waals surface area contributed by atoms with Crippen LogP contribution in [0.4, 0.5) is 5.82 Å². The molecule has 4 aromatic heterocycles. The Balaban J connectivity index is 1.36. The summed E-state index contributed by atoms with van der Waals surface area (Å²) in [5.41, 5.74) is 2.62. The topological polar surface area (TPSA) is 189 Å². The minimum absolute atomic E-state index is 0.0255. The van der Waals surface area contributed by atoms with E-state index in [0.717, 1.165) is 17.3 Å². The summed E-state index contributed by atoms with van der Waals surface area (Å²) in [4.78, 5) is 23.3. The third-order valence-electron chi connectivity index (χ3n) is 7.07. The Hall–Kier alpha value is -4.08. The van der Waals surface area contributed by atoms with Crippen LogP contribution in [0.5, 0.6) is 0 Å². The van der Waals surface area contributed by atoms with Crippen molar-refractivity contribution in [2.75, 3.05) is 25.1 Å². The van der Waals surface area contributed by atoms with E-state index < -0.39 is 31.1 Å². The van der Waals surface area contributed by atoms with Gasteiger partial charge in [0.2, 0.25) is 0 Å². The Bertz CT molecular complexity index is 1650. The number of H-pyrrole nitrogens is 1. The summed E-state index contributed by atoms with van der Waals surface area (Å²) in [7, 11) is 0. The first kappa shape index (κ1) is 24.0. The fourth-order valence-electron chi connectivity index (χ4n) is 4.99. The van der Waals surface area contributed by atoms with E-state index in [9.17, 15) is 15.3 Å². The van der Waals surface area contributed by atoms with Crippen molar-refractivity contribution >= 4 is 27.9 Å². The van der Waals surface area contributed by atoms with E-state index in [-0.39, 0.29) is 11.9 Å². The van der Waals surface area contributed by atoms with E-state index in [0.29, 0.717) is 47.3 Å². The first-order chi connectivity index (χ1) is 19.1. The molecule has 2 aliphatic rings. The number of benzene rings is 1. The molecule has 2 saturated heterocycles. The fraction of sp³-hybridized carbons (Fsp3) is 0.360. The first-order valence-corrected chi connectivity index (χ1v) is 12.6. The van der Waals surface area contributed by atoms with Crippen LogP contribution >= 0.6 is 0 Å². The highest BCUT2D eigenvalue weighted by Crippen LogP contribution is 2.35. The monoisotopic (exact) mass is 531 g/mol. The van der Waals surface area contributed by atoms with Gasteiger partial charge in [-0.15, -0.1) is 0 Å².